The van der Waals surface area contributed by atoms with E-state index in [4.69, 9.17) is 23.2 Å². The molecule has 1 unspecified atom stereocenters. The molecule has 0 aliphatic rings. The lowest BCUT2D eigenvalue weighted by Crippen LogP contribution is -2.21. The van der Waals surface area contributed by atoms with Crippen molar-refractivity contribution < 1.29 is 0 Å². The molecule has 0 saturated heterocycles. The topological polar surface area (TPSA) is 16.1 Å². The van der Waals surface area contributed by atoms with E-state index < -0.39 is 0 Å². The molecule has 0 spiro atoms. The number of nitrogens with zero attached hydrogens (tertiary/aromatic N) is 2. The molecule has 2 nitrogen and oxygen atoms in total. The van der Waals surface area contributed by atoms with Gasteiger partial charge >= 0.3 is 0 Å². The fourth-order valence-electron chi connectivity index (χ4n) is 1.83. The number of hydrogen-bond acceptors (Lipinski definition) is 3. The molecule has 1 heterocycles. The lowest BCUT2D eigenvalue weighted by atomic mass is 10.1. The number of halogens is 2. The predicted molar refractivity (Wildman–Crippen MR) is 83.0 cm³/mol. The first-order chi connectivity index (χ1) is 9.10. The van der Waals surface area contributed by atoms with Crippen molar-refractivity contribution in [2.75, 3.05) is 7.05 Å². The average molecular weight is 315 g/mol. The largest absolute Gasteiger partial charge is 0.293 e. The van der Waals surface area contributed by atoms with E-state index in [-0.39, 0.29) is 0 Å². The summed E-state index contributed by atoms with van der Waals surface area (Å²) in [6, 6.07) is 8.30. The normalized spacial score (nSPS) is 12.9. The molecular weight excluding hydrogens is 299 g/mol. The summed E-state index contributed by atoms with van der Waals surface area (Å²) in [7, 11) is 2.10. The number of thiazole rings is 1. The summed E-state index contributed by atoms with van der Waals surface area (Å²) in [5.41, 5.74) is 2.20. The van der Waals surface area contributed by atoms with Crippen LogP contribution in [-0.2, 0) is 12.4 Å². The van der Waals surface area contributed by atoms with Crippen molar-refractivity contribution in [3.63, 3.8) is 0 Å². The van der Waals surface area contributed by atoms with Gasteiger partial charge in [-0.1, -0.05) is 23.7 Å². The summed E-state index contributed by atoms with van der Waals surface area (Å²) in [5.74, 6) is 0.479. The average Bonchev–Trinajstić information content (AvgIpc) is 2.86. The first kappa shape index (κ1) is 14.8. The van der Waals surface area contributed by atoms with Gasteiger partial charge in [0, 0.05) is 16.4 Å². The van der Waals surface area contributed by atoms with Crippen LogP contribution >= 0.6 is 34.5 Å². The number of hydrogen-bond donors (Lipinski definition) is 0. The predicted octanol–water partition coefficient (Wildman–Crippen LogP) is 4.73. The zero-order valence-electron chi connectivity index (χ0n) is 10.9. The quantitative estimate of drug-likeness (QED) is 0.742. The van der Waals surface area contributed by atoms with Gasteiger partial charge in [0.15, 0.2) is 0 Å². The smallest absolute Gasteiger partial charge is 0.107 e. The molecule has 1 atom stereocenters. The van der Waals surface area contributed by atoms with Crippen molar-refractivity contribution in [1.29, 1.82) is 0 Å². The summed E-state index contributed by atoms with van der Waals surface area (Å²) in [5, 5.41) is 3.88. The minimum absolute atomic E-state index is 0.320. The third-order valence-electron chi connectivity index (χ3n) is 3.13. The van der Waals surface area contributed by atoms with Gasteiger partial charge in [0.1, 0.15) is 5.01 Å². The monoisotopic (exact) mass is 314 g/mol. The van der Waals surface area contributed by atoms with E-state index in [0.717, 1.165) is 22.3 Å². The Labute approximate surface area is 128 Å². The summed E-state index contributed by atoms with van der Waals surface area (Å²) < 4.78 is 0. The van der Waals surface area contributed by atoms with Gasteiger partial charge in [0.05, 0.1) is 18.1 Å². The molecule has 1 aromatic heterocycles. The molecule has 0 N–H and O–H groups in total. The molecule has 1 aromatic carbocycles. The Kier molecular flexibility index (Phi) is 5.22. The van der Waals surface area contributed by atoms with E-state index >= 15 is 0 Å². The summed E-state index contributed by atoms with van der Waals surface area (Å²) in [6.07, 6.45) is 0. The highest BCUT2D eigenvalue weighted by molar-refractivity contribution is 7.09. The highest BCUT2D eigenvalue weighted by Crippen LogP contribution is 2.23. The molecular formula is C14H16Cl2N2S. The van der Waals surface area contributed by atoms with Crippen LogP contribution in [-0.4, -0.2) is 16.9 Å². The van der Waals surface area contributed by atoms with Gasteiger partial charge < -0.3 is 0 Å². The van der Waals surface area contributed by atoms with Crippen molar-refractivity contribution >= 4 is 34.5 Å². The van der Waals surface area contributed by atoms with Crippen molar-refractivity contribution in [2.24, 2.45) is 0 Å². The van der Waals surface area contributed by atoms with E-state index in [2.05, 4.69) is 36.0 Å². The molecule has 0 amide bonds. The molecule has 102 valence electrons. The van der Waals surface area contributed by atoms with Crippen LogP contribution in [0.4, 0.5) is 0 Å². The summed E-state index contributed by atoms with van der Waals surface area (Å²) in [4.78, 5) is 6.75. The third kappa shape index (κ3) is 3.93. The number of alkyl halides is 1. The van der Waals surface area contributed by atoms with E-state index in [1.165, 1.54) is 5.56 Å². The molecule has 5 heteroatoms. The Balaban J connectivity index is 2.02. The molecule has 0 aliphatic carbocycles. The maximum atomic E-state index is 5.91. The van der Waals surface area contributed by atoms with Crippen LogP contribution in [0.1, 0.15) is 29.2 Å². The van der Waals surface area contributed by atoms with Gasteiger partial charge in [-0.25, -0.2) is 4.98 Å². The van der Waals surface area contributed by atoms with Crippen molar-refractivity contribution in [3.05, 3.63) is 50.9 Å². The molecule has 0 radical (unpaired) electrons. The van der Waals surface area contributed by atoms with Gasteiger partial charge in [-0.3, -0.25) is 4.90 Å². The second kappa shape index (κ2) is 6.71. The van der Waals surface area contributed by atoms with Crippen LogP contribution in [0.2, 0.25) is 5.02 Å². The standard InChI is InChI=1S/C14H16Cl2N2S/c1-10(11-3-5-12(16)6-4-11)18(2)8-14-17-13(7-15)9-19-14/h3-6,9-10H,7-8H2,1-2H3. The van der Waals surface area contributed by atoms with Crippen molar-refractivity contribution in [3.8, 4) is 0 Å². The van der Waals surface area contributed by atoms with Gasteiger partial charge in [0.2, 0.25) is 0 Å². The van der Waals surface area contributed by atoms with E-state index in [9.17, 15) is 0 Å². The molecule has 2 rings (SSSR count). The Hall–Kier alpha value is -0.610. The van der Waals surface area contributed by atoms with E-state index in [0.29, 0.717) is 11.9 Å². The fourth-order valence-corrected chi connectivity index (χ4v) is 3.04. The fraction of sp³-hybridized carbons (Fsp3) is 0.357. The van der Waals surface area contributed by atoms with Gasteiger partial charge in [-0.15, -0.1) is 22.9 Å². The number of aromatic nitrogens is 1. The van der Waals surface area contributed by atoms with Gasteiger partial charge in [-0.05, 0) is 31.7 Å². The second-order valence-electron chi connectivity index (χ2n) is 4.51. The summed E-state index contributed by atoms with van der Waals surface area (Å²) >= 11 is 13.3. The Morgan fingerprint density at radius 1 is 1.32 bits per heavy atom. The first-order valence-corrected chi connectivity index (χ1v) is 7.84. The van der Waals surface area contributed by atoms with E-state index in [1.807, 2.05) is 17.5 Å². The van der Waals surface area contributed by atoms with Crippen LogP contribution in [0.15, 0.2) is 29.6 Å². The first-order valence-electron chi connectivity index (χ1n) is 6.05. The zero-order valence-corrected chi connectivity index (χ0v) is 13.3. The Morgan fingerprint density at radius 2 is 2.00 bits per heavy atom. The highest BCUT2D eigenvalue weighted by Gasteiger charge is 2.13. The van der Waals surface area contributed by atoms with Crippen LogP contribution < -0.4 is 0 Å². The van der Waals surface area contributed by atoms with Crippen molar-refractivity contribution in [1.82, 2.24) is 9.88 Å². The lowest BCUT2D eigenvalue weighted by molar-refractivity contribution is 0.252. The molecule has 0 bridgehead atoms. The maximum Gasteiger partial charge on any atom is 0.107 e. The van der Waals surface area contributed by atoms with Crippen LogP contribution in [0.5, 0.6) is 0 Å². The van der Waals surface area contributed by atoms with Crippen LogP contribution in [0.25, 0.3) is 0 Å². The molecule has 0 fully saturated rings. The zero-order chi connectivity index (χ0) is 13.8. The second-order valence-corrected chi connectivity index (χ2v) is 6.16. The lowest BCUT2D eigenvalue weighted by Gasteiger charge is -2.24. The molecule has 2 aromatic rings. The van der Waals surface area contributed by atoms with Gasteiger partial charge in [0.25, 0.3) is 0 Å². The van der Waals surface area contributed by atoms with Crippen LogP contribution in [0.3, 0.4) is 0 Å². The Morgan fingerprint density at radius 3 is 2.58 bits per heavy atom. The number of rotatable bonds is 5. The van der Waals surface area contributed by atoms with Gasteiger partial charge in [-0.2, -0.15) is 0 Å². The van der Waals surface area contributed by atoms with Crippen LogP contribution in [0, 0.1) is 0 Å². The molecule has 19 heavy (non-hydrogen) atoms. The minimum Gasteiger partial charge on any atom is -0.293 e. The van der Waals surface area contributed by atoms with Crippen molar-refractivity contribution in [2.45, 2.75) is 25.4 Å². The third-order valence-corrected chi connectivity index (χ3v) is 4.54. The highest BCUT2D eigenvalue weighted by atomic mass is 35.5. The maximum absolute atomic E-state index is 5.91. The van der Waals surface area contributed by atoms with E-state index in [1.54, 1.807) is 11.3 Å². The SMILES string of the molecule is CC(c1ccc(Cl)cc1)N(C)Cc1nc(CCl)cs1. The Bertz CT molecular complexity index is 524. The number of benzene rings is 1. The summed E-state index contributed by atoms with van der Waals surface area (Å²) in [6.45, 7) is 3.00. The molecule has 0 saturated carbocycles. The minimum atomic E-state index is 0.320. The molecule has 0 aliphatic heterocycles.